The van der Waals surface area contributed by atoms with Crippen LogP contribution in [0, 0.1) is 0 Å². The fourth-order valence-electron chi connectivity index (χ4n) is 3.26. The minimum atomic E-state index is 0.0378. The number of hydrogen-bond donors (Lipinski definition) is 1. The van der Waals surface area contributed by atoms with Crippen LogP contribution in [0.3, 0.4) is 0 Å². The molecule has 0 aliphatic heterocycles. The number of pyridine rings is 1. The molecule has 28 heavy (non-hydrogen) atoms. The molecule has 0 aliphatic rings. The van der Waals surface area contributed by atoms with Crippen molar-refractivity contribution >= 4 is 11.3 Å². The lowest BCUT2D eigenvalue weighted by molar-refractivity contribution is 0.103. The van der Waals surface area contributed by atoms with Crippen LogP contribution < -0.4 is 10.1 Å². The summed E-state index contributed by atoms with van der Waals surface area (Å²) < 4.78 is 7.77. The summed E-state index contributed by atoms with van der Waals surface area (Å²) in [5.41, 5.74) is 3.61. The van der Waals surface area contributed by atoms with Crippen LogP contribution in [0.1, 0.15) is 62.2 Å². The summed E-state index contributed by atoms with van der Waals surface area (Å²) in [7, 11) is 0. The van der Waals surface area contributed by atoms with Crippen LogP contribution >= 0.6 is 0 Å². The van der Waals surface area contributed by atoms with Crippen LogP contribution in [0.15, 0.2) is 54.7 Å². The Morgan fingerprint density at radius 2 is 1.82 bits per heavy atom. The second-order valence-corrected chi connectivity index (χ2v) is 8.48. The van der Waals surface area contributed by atoms with Gasteiger partial charge in [-0.3, -0.25) is 4.79 Å². The quantitative estimate of drug-likeness (QED) is 0.461. The van der Waals surface area contributed by atoms with E-state index in [1.54, 1.807) is 0 Å². The Kier molecular flexibility index (Phi) is 5.90. The van der Waals surface area contributed by atoms with E-state index in [-0.39, 0.29) is 17.2 Å². The Bertz CT molecular complexity index is 947. The Balaban J connectivity index is 1.77. The van der Waals surface area contributed by atoms with Gasteiger partial charge in [-0.15, -0.1) is 0 Å². The minimum Gasteiger partial charge on any atom is -0.492 e. The second kappa shape index (κ2) is 8.19. The van der Waals surface area contributed by atoms with Crippen LogP contribution in [0.4, 0.5) is 0 Å². The number of ketones is 1. The van der Waals surface area contributed by atoms with Crippen molar-refractivity contribution in [1.82, 2.24) is 9.72 Å². The minimum absolute atomic E-state index is 0.0378. The Morgan fingerprint density at radius 1 is 1.11 bits per heavy atom. The molecule has 2 heterocycles. The SMILES string of the molecule is CC(C)c1cc2ccccn2c1C(=O)c1ccc(OCCNC(C)(C)C)cc1. The van der Waals surface area contributed by atoms with Crippen LogP contribution in [-0.2, 0) is 0 Å². The molecule has 1 aromatic carbocycles. The molecule has 1 N–H and O–H groups in total. The van der Waals surface area contributed by atoms with Gasteiger partial charge in [0.15, 0.2) is 0 Å². The number of nitrogens with zero attached hydrogens (tertiary/aromatic N) is 1. The summed E-state index contributed by atoms with van der Waals surface area (Å²) in [5.74, 6) is 1.09. The first kappa shape index (κ1) is 20.2. The van der Waals surface area contributed by atoms with Gasteiger partial charge in [0.05, 0.1) is 5.69 Å². The first-order valence-corrected chi connectivity index (χ1v) is 9.89. The molecule has 4 nitrogen and oxygen atoms in total. The number of nitrogens with one attached hydrogen (secondary N) is 1. The highest BCUT2D eigenvalue weighted by molar-refractivity contribution is 6.09. The Hall–Kier alpha value is -2.59. The second-order valence-electron chi connectivity index (χ2n) is 8.48. The molecule has 0 spiro atoms. The van der Waals surface area contributed by atoms with Crippen LogP contribution in [0.2, 0.25) is 0 Å². The number of carbonyl (C=O) groups is 1. The third-order valence-corrected chi connectivity index (χ3v) is 4.69. The first-order valence-electron chi connectivity index (χ1n) is 9.89. The van der Waals surface area contributed by atoms with E-state index in [2.05, 4.69) is 46.0 Å². The van der Waals surface area contributed by atoms with Gasteiger partial charge in [0.25, 0.3) is 0 Å². The summed E-state index contributed by atoms with van der Waals surface area (Å²) in [4.78, 5) is 13.3. The van der Waals surface area contributed by atoms with Crippen LogP contribution in [-0.4, -0.2) is 28.9 Å². The maximum absolute atomic E-state index is 13.3. The van der Waals surface area contributed by atoms with E-state index in [1.807, 2.05) is 53.1 Å². The molecule has 3 aromatic rings. The molecular weight excluding hydrogens is 348 g/mol. The van der Waals surface area contributed by atoms with Crippen molar-refractivity contribution in [3.63, 3.8) is 0 Å². The van der Waals surface area contributed by atoms with Gasteiger partial charge in [-0.25, -0.2) is 0 Å². The zero-order chi connectivity index (χ0) is 20.3. The molecule has 0 bridgehead atoms. The van der Waals surface area contributed by atoms with Gasteiger partial charge < -0.3 is 14.5 Å². The highest BCUT2D eigenvalue weighted by Gasteiger charge is 2.20. The molecule has 0 radical (unpaired) electrons. The summed E-state index contributed by atoms with van der Waals surface area (Å²) in [5, 5.41) is 3.39. The zero-order valence-corrected chi connectivity index (χ0v) is 17.5. The van der Waals surface area contributed by atoms with Gasteiger partial charge in [-0.05, 0) is 74.7 Å². The molecule has 0 atom stereocenters. The molecule has 0 saturated heterocycles. The molecular formula is C24H30N2O2. The third-order valence-electron chi connectivity index (χ3n) is 4.69. The smallest absolute Gasteiger partial charge is 0.210 e. The third kappa shape index (κ3) is 4.63. The molecule has 2 aromatic heterocycles. The van der Waals surface area contributed by atoms with E-state index in [0.29, 0.717) is 12.2 Å². The van der Waals surface area contributed by atoms with Gasteiger partial charge in [-0.2, -0.15) is 0 Å². The van der Waals surface area contributed by atoms with Crippen LogP contribution in [0.25, 0.3) is 5.52 Å². The number of hydrogen-bond acceptors (Lipinski definition) is 3. The predicted octanol–water partition coefficient (Wildman–Crippen LogP) is 5.06. The fraction of sp³-hybridized carbons (Fsp3) is 0.375. The van der Waals surface area contributed by atoms with Crippen molar-refractivity contribution in [3.8, 4) is 5.75 Å². The highest BCUT2D eigenvalue weighted by atomic mass is 16.5. The van der Waals surface area contributed by atoms with Crippen LogP contribution in [0.5, 0.6) is 5.75 Å². The number of rotatable bonds is 7. The lowest BCUT2D eigenvalue weighted by Gasteiger charge is -2.20. The largest absolute Gasteiger partial charge is 0.492 e. The molecule has 0 unspecified atom stereocenters. The number of aromatic nitrogens is 1. The first-order chi connectivity index (χ1) is 13.3. The molecule has 4 heteroatoms. The van der Waals surface area contributed by atoms with Gasteiger partial charge in [0.1, 0.15) is 12.4 Å². The van der Waals surface area contributed by atoms with Gasteiger partial charge in [0.2, 0.25) is 5.78 Å². The predicted molar refractivity (Wildman–Crippen MR) is 115 cm³/mol. The summed E-state index contributed by atoms with van der Waals surface area (Å²) >= 11 is 0. The lowest BCUT2D eigenvalue weighted by Crippen LogP contribution is -2.38. The number of ether oxygens (including phenoxy) is 1. The van der Waals surface area contributed by atoms with Gasteiger partial charge in [0, 0.05) is 29.4 Å². The van der Waals surface area contributed by atoms with Gasteiger partial charge in [-0.1, -0.05) is 19.9 Å². The monoisotopic (exact) mass is 378 g/mol. The van der Waals surface area contributed by atoms with Crippen molar-refractivity contribution in [2.75, 3.05) is 13.2 Å². The highest BCUT2D eigenvalue weighted by Crippen LogP contribution is 2.27. The molecule has 3 rings (SSSR count). The molecule has 148 valence electrons. The lowest BCUT2D eigenvalue weighted by atomic mass is 9.98. The van der Waals surface area contributed by atoms with Crippen molar-refractivity contribution in [2.45, 2.75) is 46.1 Å². The van der Waals surface area contributed by atoms with E-state index in [1.165, 1.54) is 0 Å². The maximum atomic E-state index is 13.3. The molecule has 0 fully saturated rings. The summed E-state index contributed by atoms with van der Waals surface area (Å²) in [6.07, 6.45) is 1.95. The zero-order valence-electron chi connectivity index (χ0n) is 17.5. The summed E-state index contributed by atoms with van der Waals surface area (Å²) in [6, 6.07) is 15.5. The van der Waals surface area contributed by atoms with Crippen molar-refractivity contribution < 1.29 is 9.53 Å². The van der Waals surface area contributed by atoms with E-state index in [0.717, 1.165) is 29.1 Å². The standard InChI is InChI=1S/C24H30N2O2/c1-17(2)21-16-19-8-6-7-14-26(19)22(21)23(27)18-9-11-20(12-10-18)28-15-13-25-24(3,4)5/h6-12,14,16-17,25H,13,15H2,1-5H3. The maximum Gasteiger partial charge on any atom is 0.210 e. The normalized spacial score (nSPS) is 11.9. The van der Waals surface area contributed by atoms with E-state index in [4.69, 9.17) is 4.74 Å². The number of benzene rings is 1. The average Bonchev–Trinajstić information content (AvgIpc) is 3.04. The van der Waals surface area contributed by atoms with Gasteiger partial charge >= 0.3 is 0 Å². The van der Waals surface area contributed by atoms with E-state index < -0.39 is 0 Å². The van der Waals surface area contributed by atoms with E-state index >= 15 is 0 Å². The number of fused-ring (bicyclic) bond motifs is 1. The number of carbonyl (C=O) groups excluding carboxylic acids is 1. The molecule has 0 amide bonds. The summed E-state index contributed by atoms with van der Waals surface area (Å²) in [6.45, 7) is 12.0. The fourth-order valence-corrected chi connectivity index (χ4v) is 3.26. The van der Waals surface area contributed by atoms with Crippen molar-refractivity contribution in [1.29, 1.82) is 0 Å². The average molecular weight is 379 g/mol. The topological polar surface area (TPSA) is 42.7 Å². The van der Waals surface area contributed by atoms with E-state index in [9.17, 15) is 4.79 Å². The molecule has 0 aliphatic carbocycles. The van der Waals surface area contributed by atoms with Crippen molar-refractivity contribution in [2.24, 2.45) is 0 Å². The molecule has 0 saturated carbocycles. The van der Waals surface area contributed by atoms with Crippen molar-refractivity contribution in [3.05, 3.63) is 71.5 Å². The Morgan fingerprint density at radius 3 is 2.46 bits per heavy atom. The Labute approximate surface area is 167 Å².